The third-order valence-electron chi connectivity index (χ3n) is 3.18. The van der Waals surface area contributed by atoms with Crippen LogP contribution in [0.5, 0.6) is 0 Å². The molecule has 1 saturated heterocycles. The topological polar surface area (TPSA) is 72.7 Å². The first kappa shape index (κ1) is 14.7. The van der Waals surface area contributed by atoms with E-state index < -0.39 is 4.92 Å². The van der Waals surface area contributed by atoms with Gasteiger partial charge in [-0.2, -0.15) is 0 Å². The van der Waals surface area contributed by atoms with E-state index in [1.54, 1.807) is 24.0 Å². The van der Waals surface area contributed by atoms with Gasteiger partial charge in [-0.25, -0.2) is 0 Å². The van der Waals surface area contributed by atoms with Gasteiger partial charge in [-0.15, -0.1) is 11.6 Å². The number of carbonyl (C=O) groups is 1. The standard InChI is InChI=1S/C13H15ClN2O4/c1-9-2-3-12(16(18)19)11(6-9)13(17)15-4-5-20-10(7-14)8-15/h2-3,6,10H,4-5,7-8H2,1H3. The highest BCUT2D eigenvalue weighted by Crippen LogP contribution is 2.22. The van der Waals surface area contributed by atoms with Gasteiger partial charge in [-0.1, -0.05) is 6.07 Å². The molecule has 1 unspecified atom stereocenters. The summed E-state index contributed by atoms with van der Waals surface area (Å²) in [6.07, 6.45) is -0.224. The van der Waals surface area contributed by atoms with Gasteiger partial charge in [0.1, 0.15) is 5.56 Å². The molecule has 0 N–H and O–H groups in total. The zero-order valence-corrected chi connectivity index (χ0v) is 11.8. The molecule has 1 aliphatic rings. The maximum atomic E-state index is 12.5. The Morgan fingerprint density at radius 1 is 1.60 bits per heavy atom. The molecule has 7 heteroatoms. The van der Waals surface area contributed by atoms with Crippen LogP contribution in [0.3, 0.4) is 0 Å². The van der Waals surface area contributed by atoms with Crippen LogP contribution in [-0.4, -0.2) is 47.4 Å². The van der Waals surface area contributed by atoms with E-state index >= 15 is 0 Å². The highest BCUT2D eigenvalue weighted by atomic mass is 35.5. The van der Waals surface area contributed by atoms with E-state index in [0.29, 0.717) is 25.6 Å². The minimum atomic E-state index is -0.536. The van der Waals surface area contributed by atoms with E-state index in [1.165, 1.54) is 6.07 Å². The molecule has 0 radical (unpaired) electrons. The number of carbonyl (C=O) groups excluding carboxylic acids is 1. The Hall–Kier alpha value is -1.66. The van der Waals surface area contributed by atoms with E-state index in [0.717, 1.165) is 5.56 Å². The van der Waals surface area contributed by atoms with Gasteiger partial charge < -0.3 is 9.64 Å². The summed E-state index contributed by atoms with van der Waals surface area (Å²) in [6, 6.07) is 4.53. The summed E-state index contributed by atoms with van der Waals surface area (Å²) in [7, 11) is 0. The van der Waals surface area contributed by atoms with Crippen LogP contribution in [0.15, 0.2) is 18.2 Å². The van der Waals surface area contributed by atoms with Crippen LogP contribution >= 0.6 is 11.6 Å². The fourth-order valence-corrected chi connectivity index (χ4v) is 2.33. The molecule has 0 bridgehead atoms. The number of nitrogens with zero attached hydrogens (tertiary/aromatic N) is 2. The molecule has 6 nitrogen and oxygen atoms in total. The van der Waals surface area contributed by atoms with Crippen LogP contribution < -0.4 is 0 Å². The van der Waals surface area contributed by atoms with Gasteiger partial charge in [0.05, 0.1) is 23.5 Å². The maximum Gasteiger partial charge on any atom is 0.282 e. The van der Waals surface area contributed by atoms with E-state index in [-0.39, 0.29) is 23.3 Å². The summed E-state index contributed by atoms with van der Waals surface area (Å²) in [4.78, 5) is 24.5. The summed E-state index contributed by atoms with van der Waals surface area (Å²) in [6.45, 7) is 2.95. The van der Waals surface area contributed by atoms with Gasteiger partial charge in [0, 0.05) is 19.2 Å². The minimum Gasteiger partial charge on any atom is -0.373 e. The number of morpholine rings is 1. The molecule has 0 spiro atoms. The number of aryl methyl sites for hydroxylation is 1. The van der Waals surface area contributed by atoms with Crippen LogP contribution in [0.1, 0.15) is 15.9 Å². The number of hydrogen-bond donors (Lipinski definition) is 0. The Kier molecular flexibility index (Phi) is 4.57. The number of nitro groups is 1. The van der Waals surface area contributed by atoms with Gasteiger partial charge in [0.15, 0.2) is 0 Å². The molecule has 1 aromatic rings. The summed E-state index contributed by atoms with van der Waals surface area (Å²) in [5.74, 6) is -0.0570. The van der Waals surface area contributed by atoms with E-state index in [4.69, 9.17) is 16.3 Å². The second-order valence-electron chi connectivity index (χ2n) is 4.68. The van der Waals surface area contributed by atoms with Crippen molar-refractivity contribution in [2.45, 2.75) is 13.0 Å². The fourth-order valence-electron chi connectivity index (χ4n) is 2.15. The molecular weight excluding hydrogens is 284 g/mol. The molecule has 108 valence electrons. The quantitative estimate of drug-likeness (QED) is 0.486. The van der Waals surface area contributed by atoms with Gasteiger partial charge >= 0.3 is 0 Å². The third kappa shape index (κ3) is 3.08. The third-order valence-corrected chi connectivity index (χ3v) is 3.52. The first-order valence-corrected chi connectivity index (χ1v) is 6.78. The number of amides is 1. The largest absolute Gasteiger partial charge is 0.373 e. The Morgan fingerprint density at radius 3 is 3.00 bits per heavy atom. The lowest BCUT2D eigenvalue weighted by atomic mass is 10.1. The van der Waals surface area contributed by atoms with Crippen molar-refractivity contribution >= 4 is 23.2 Å². The smallest absolute Gasteiger partial charge is 0.282 e. The fraction of sp³-hybridized carbons (Fsp3) is 0.462. The van der Waals surface area contributed by atoms with Crippen LogP contribution in [0.4, 0.5) is 5.69 Å². The molecule has 1 atom stereocenters. The Morgan fingerprint density at radius 2 is 2.35 bits per heavy atom. The number of benzene rings is 1. The van der Waals surface area contributed by atoms with E-state index in [1.807, 2.05) is 0 Å². The first-order chi connectivity index (χ1) is 9.52. The highest BCUT2D eigenvalue weighted by Gasteiger charge is 2.29. The number of hydrogen-bond acceptors (Lipinski definition) is 4. The van der Waals surface area contributed by atoms with Crippen LogP contribution in [-0.2, 0) is 4.74 Å². The van der Waals surface area contributed by atoms with Crippen molar-refractivity contribution in [3.8, 4) is 0 Å². The van der Waals surface area contributed by atoms with Crippen molar-refractivity contribution in [3.63, 3.8) is 0 Å². The molecule has 0 saturated carbocycles. The zero-order valence-electron chi connectivity index (χ0n) is 11.0. The normalized spacial score (nSPS) is 18.9. The monoisotopic (exact) mass is 298 g/mol. The van der Waals surface area contributed by atoms with Crippen LogP contribution in [0, 0.1) is 17.0 Å². The van der Waals surface area contributed by atoms with Crippen molar-refractivity contribution in [1.82, 2.24) is 4.90 Å². The second kappa shape index (κ2) is 6.19. The lowest BCUT2D eigenvalue weighted by Gasteiger charge is -2.32. The SMILES string of the molecule is Cc1ccc([N+](=O)[O-])c(C(=O)N2CCOC(CCl)C2)c1. The summed E-state index contributed by atoms with van der Waals surface area (Å²) in [5, 5.41) is 11.0. The summed E-state index contributed by atoms with van der Waals surface area (Å²) >= 11 is 5.73. The molecule has 2 rings (SSSR count). The van der Waals surface area contributed by atoms with Gasteiger partial charge in [0.2, 0.25) is 0 Å². The average molecular weight is 299 g/mol. The van der Waals surface area contributed by atoms with Gasteiger partial charge in [-0.05, 0) is 18.6 Å². The zero-order chi connectivity index (χ0) is 14.7. The molecule has 1 heterocycles. The van der Waals surface area contributed by atoms with Crippen molar-refractivity contribution < 1.29 is 14.5 Å². The number of nitro benzene ring substituents is 1. The number of ether oxygens (including phenoxy) is 1. The second-order valence-corrected chi connectivity index (χ2v) is 4.98. The molecule has 20 heavy (non-hydrogen) atoms. The molecule has 0 aliphatic carbocycles. The Balaban J connectivity index is 2.28. The van der Waals surface area contributed by atoms with Crippen LogP contribution in [0.2, 0.25) is 0 Å². The Bertz CT molecular complexity index is 535. The van der Waals surface area contributed by atoms with E-state index in [2.05, 4.69) is 0 Å². The lowest BCUT2D eigenvalue weighted by molar-refractivity contribution is -0.385. The van der Waals surface area contributed by atoms with E-state index in [9.17, 15) is 14.9 Å². The number of halogens is 1. The van der Waals surface area contributed by atoms with Gasteiger partial charge in [0.25, 0.3) is 11.6 Å². The Labute approximate surface area is 121 Å². The predicted octanol–water partition coefficient (Wildman–Crippen LogP) is 1.98. The summed E-state index contributed by atoms with van der Waals surface area (Å²) in [5.41, 5.74) is 0.751. The van der Waals surface area contributed by atoms with Crippen molar-refractivity contribution in [1.29, 1.82) is 0 Å². The number of rotatable bonds is 3. The highest BCUT2D eigenvalue weighted by molar-refractivity contribution is 6.18. The maximum absolute atomic E-state index is 12.5. The molecule has 1 amide bonds. The summed E-state index contributed by atoms with van der Waals surface area (Å²) < 4.78 is 5.39. The number of alkyl halides is 1. The lowest BCUT2D eigenvalue weighted by Crippen LogP contribution is -2.46. The average Bonchev–Trinajstić information content (AvgIpc) is 2.46. The van der Waals surface area contributed by atoms with Crippen molar-refractivity contribution in [3.05, 3.63) is 39.4 Å². The van der Waals surface area contributed by atoms with Crippen molar-refractivity contribution in [2.24, 2.45) is 0 Å². The predicted molar refractivity (Wildman–Crippen MR) is 74.2 cm³/mol. The molecular formula is C13H15ClN2O4. The van der Waals surface area contributed by atoms with Crippen molar-refractivity contribution in [2.75, 3.05) is 25.6 Å². The van der Waals surface area contributed by atoms with Crippen LogP contribution in [0.25, 0.3) is 0 Å². The minimum absolute atomic E-state index is 0.116. The molecule has 1 fully saturated rings. The molecule has 1 aliphatic heterocycles. The molecule has 0 aromatic heterocycles. The molecule has 1 aromatic carbocycles. The first-order valence-electron chi connectivity index (χ1n) is 6.25. The van der Waals surface area contributed by atoms with Gasteiger partial charge in [-0.3, -0.25) is 14.9 Å².